The Labute approximate surface area is 186 Å². The van der Waals surface area contributed by atoms with Gasteiger partial charge in [0.25, 0.3) is 5.91 Å². The van der Waals surface area contributed by atoms with Gasteiger partial charge >= 0.3 is 0 Å². The summed E-state index contributed by atoms with van der Waals surface area (Å²) in [6.07, 6.45) is 4.95. The quantitative estimate of drug-likeness (QED) is 0.533. The fourth-order valence-corrected chi connectivity index (χ4v) is 4.12. The Kier molecular flexibility index (Phi) is 6.50. The van der Waals surface area contributed by atoms with Crippen LogP contribution in [0.25, 0.3) is 11.3 Å². The third-order valence-corrected chi connectivity index (χ3v) is 5.56. The van der Waals surface area contributed by atoms with Gasteiger partial charge in [-0.05, 0) is 55.3 Å². The molecule has 1 aliphatic heterocycles. The van der Waals surface area contributed by atoms with E-state index in [1.807, 2.05) is 36.4 Å². The molecule has 1 saturated heterocycles. The highest BCUT2D eigenvalue weighted by Gasteiger charge is 2.13. The van der Waals surface area contributed by atoms with Crippen molar-refractivity contribution in [1.82, 2.24) is 10.2 Å². The third kappa shape index (κ3) is 5.10. The minimum atomic E-state index is -0.279. The van der Waals surface area contributed by atoms with E-state index in [9.17, 15) is 4.79 Å². The van der Waals surface area contributed by atoms with Gasteiger partial charge in [-0.1, -0.05) is 48.2 Å². The van der Waals surface area contributed by atoms with Crippen molar-refractivity contribution in [3.8, 4) is 11.3 Å². The number of aromatic nitrogens is 2. The average molecular weight is 441 g/mol. The number of hydrogen-bond donors (Lipinski definition) is 1. The van der Waals surface area contributed by atoms with Crippen LogP contribution >= 0.6 is 23.2 Å². The highest BCUT2D eigenvalue weighted by molar-refractivity contribution is 6.35. The van der Waals surface area contributed by atoms with E-state index in [0.29, 0.717) is 21.3 Å². The van der Waals surface area contributed by atoms with Crippen molar-refractivity contribution >= 4 is 40.6 Å². The van der Waals surface area contributed by atoms with E-state index in [1.165, 1.54) is 25.7 Å². The normalized spacial score (nSPS) is 14.3. The van der Waals surface area contributed by atoms with E-state index < -0.39 is 0 Å². The van der Waals surface area contributed by atoms with Crippen LogP contribution in [0.3, 0.4) is 0 Å². The van der Waals surface area contributed by atoms with Crippen LogP contribution < -0.4 is 10.2 Å². The number of hydrogen-bond acceptors (Lipinski definition) is 4. The van der Waals surface area contributed by atoms with Gasteiger partial charge in [0.1, 0.15) is 0 Å². The van der Waals surface area contributed by atoms with E-state index in [0.717, 1.165) is 30.2 Å². The second-order valence-electron chi connectivity index (χ2n) is 7.37. The molecule has 0 unspecified atom stereocenters. The Hall–Kier alpha value is -2.63. The van der Waals surface area contributed by atoms with Crippen LogP contribution in [0.5, 0.6) is 0 Å². The molecule has 0 aliphatic carbocycles. The molecule has 2 aromatic carbocycles. The minimum absolute atomic E-state index is 0.279. The summed E-state index contributed by atoms with van der Waals surface area (Å²) in [6, 6.07) is 16.3. The van der Waals surface area contributed by atoms with Crippen LogP contribution in [0.2, 0.25) is 10.0 Å². The van der Waals surface area contributed by atoms with Crippen LogP contribution in [-0.4, -0.2) is 29.2 Å². The summed E-state index contributed by atoms with van der Waals surface area (Å²) in [6.45, 7) is 2.06. The van der Waals surface area contributed by atoms with Crippen LogP contribution in [0.15, 0.2) is 54.6 Å². The molecule has 4 rings (SSSR count). The number of benzene rings is 2. The molecule has 5 nitrogen and oxygen atoms in total. The van der Waals surface area contributed by atoms with Gasteiger partial charge in [-0.25, -0.2) is 0 Å². The van der Waals surface area contributed by atoms with Crippen molar-refractivity contribution in [2.75, 3.05) is 23.3 Å². The van der Waals surface area contributed by atoms with Gasteiger partial charge in [-0.3, -0.25) is 4.79 Å². The lowest BCUT2D eigenvalue weighted by Gasteiger charge is -2.20. The van der Waals surface area contributed by atoms with Gasteiger partial charge in [0.15, 0.2) is 5.82 Å². The summed E-state index contributed by atoms with van der Waals surface area (Å²) in [5.74, 6) is 0.641. The van der Waals surface area contributed by atoms with Gasteiger partial charge in [-0.15, -0.1) is 10.2 Å². The van der Waals surface area contributed by atoms with Crippen molar-refractivity contribution in [2.24, 2.45) is 0 Å². The maximum atomic E-state index is 12.6. The van der Waals surface area contributed by atoms with Gasteiger partial charge in [0.05, 0.1) is 5.69 Å². The van der Waals surface area contributed by atoms with Crippen LogP contribution in [0.4, 0.5) is 11.5 Å². The van der Waals surface area contributed by atoms with E-state index in [2.05, 4.69) is 20.4 Å². The number of nitrogens with one attached hydrogen (secondary N) is 1. The highest BCUT2D eigenvalue weighted by atomic mass is 35.5. The fraction of sp³-hybridized carbons (Fsp3) is 0.261. The molecule has 0 spiro atoms. The molecule has 0 radical (unpaired) electrons. The first-order valence-corrected chi connectivity index (χ1v) is 10.8. The van der Waals surface area contributed by atoms with Crippen LogP contribution in [0, 0.1) is 0 Å². The number of anilines is 2. The number of rotatable bonds is 4. The maximum Gasteiger partial charge on any atom is 0.255 e. The number of halogens is 2. The van der Waals surface area contributed by atoms with Gasteiger partial charge in [0, 0.05) is 39.9 Å². The smallest absolute Gasteiger partial charge is 0.255 e. The monoisotopic (exact) mass is 440 g/mol. The third-order valence-electron chi connectivity index (χ3n) is 5.12. The number of amides is 1. The molecule has 3 aromatic rings. The fourth-order valence-electron chi connectivity index (χ4n) is 3.59. The summed E-state index contributed by atoms with van der Waals surface area (Å²) in [4.78, 5) is 14.9. The molecule has 154 valence electrons. The number of nitrogens with zero attached hydrogens (tertiary/aromatic N) is 3. The first-order valence-electron chi connectivity index (χ1n) is 10.0. The molecule has 30 heavy (non-hydrogen) atoms. The Bertz CT molecular complexity index is 1010. The molecular formula is C23H22Cl2N4O. The maximum absolute atomic E-state index is 12.6. The summed E-state index contributed by atoms with van der Waals surface area (Å²) < 4.78 is 0. The molecule has 0 bridgehead atoms. The topological polar surface area (TPSA) is 58.1 Å². The van der Waals surface area contributed by atoms with Crippen LogP contribution in [0.1, 0.15) is 36.0 Å². The molecule has 1 fully saturated rings. The first-order chi connectivity index (χ1) is 14.6. The average Bonchev–Trinajstić information content (AvgIpc) is 3.03. The van der Waals surface area contributed by atoms with Crippen molar-refractivity contribution in [3.63, 3.8) is 0 Å². The summed E-state index contributed by atoms with van der Waals surface area (Å²) >= 11 is 12.0. The summed E-state index contributed by atoms with van der Waals surface area (Å²) in [5, 5.41) is 12.6. The molecular weight excluding hydrogens is 419 g/mol. The molecule has 1 N–H and O–H groups in total. The Balaban J connectivity index is 1.49. The van der Waals surface area contributed by atoms with Crippen molar-refractivity contribution in [2.45, 2.75) is 25.7 Å². The van der Waals surface area contributed by atoms with Gasteiger partial charge in [0.2, 0.25) is 0 Å². The molecule has 0 saturated carbocycles. The van der Waals surface area contributed by atoms with E-state index in [4.69, 9.17) is 23.2 Å². The van der Waals surface area contributed by atoms with Gasteiger partial charge < -0.3 is 10.2 Å². The lowest BCUT2D eigenvalue weighted by Crippen LogP contribution is -2.25. The lowest BCUT2D eigenvalue weighted by molar-refractivity contribution is 0.102. The SMILES string of the molecule is O=C(Nc1cccc(-c2ccc(N3CCCCCC3)nn2)c1)c1cc(Cl)cc(Cl)c1. The predicted molar refractivity (Wildman–Crippen MR) is 123 cm³/mol. The number of carbonyl (C=O) groups excluding carboxylic acids is 1. The van der Waals surface area contributed by atoms with Crippen molar-refractivity contribution < 1.29 is 4.79 Å². The lowest BCUT2D eigenvalue weighted by atomic mass is 10.1. The van der Waals surface area contributed by atoms with Crippen molar-refractivity contribution in [1.29, 1.82) is 0 Å². The second kappa shape index (κ2) is 9.45. The number of carbonyl (C=O) groups is 1. The second-order valence-corrected chi connectivity index (χ2v) is 8.24. The zero-order valence-electron chi connectivity index (χ0n) is 16.4. The zero-order valence-corrected chi connectivity index (χ0v) is 18.0. The molecule has 2 heterocycles. The van der Waals surface area contributed by atoms with E-state index >= 15 is 0 Å². The van der Waals surface area contributed by atoms with E-state index in [-0.39, 0.29) is 5.91 Å². The Morgan fingerprint density at radius 3 is 2.27 bits per heavy atom. The molecule has 1 aliphatic rings. The Morgan fingerprint density at radius 2 is 1.60 bits per heavy atom. The van der Waals surface area contributed by atoms with Crippen molar-refractivity contribution in [3.05, 3.63) is 70.2 Å². The summed E-state index contributed by atoms with van der Waals surface area (Å²) in [7, 11) is 0. The molecule has 1 amide bonds. The first kappa shape index (κ1) is 20.6. The minimum Gasteiger partial charge on any atom is -0.355 e. The largest absolute Gasteiger partial charge is 0.355 e. The highest BCUT2D eigenvalue weighted by Crippen LogP contribution is 2.24. The molecule has 7 heteroatoms. The van der Waals surface area contributed by atoms with Crippen LogP contribution in [-0.2, 0) is 0 Å². The Morgan fingerprint density at radius 1 is 0.867 bits per heavy atom. The van der Waals surface area contributed by atoms with Gasteiger partial charge in [-0.2, -0.15) is 0 Å². The summed E-state index contributed by atoms with van der Waals surface area (Å²) in [5.41, 5.74) is 2.70. The molecule has 0 atom stereocenters. The zero-order chi connectivity index (χ0) is 20.9. The molecule has 1 aromatic heterocycles. The predicted octanol–water partition coefficient (Wildman–Crippen LogP) is 6.08. The standard InChI is InChI=1S/C23H22Cl2N4O/c24-18-12-17(13-19(25)15-18)23(30)26-20-7-5-6-16(14-20)21-8-9-22(28-27-21)29-10-3-1-2-4-11-29/h5-9,12-15H,1-4,10-11H2,(H,26,30). The van der Waals surface area contributed by atoms with E-state index in [1.54, 1.807) is 18.2 Å².